The van der Waals surface area contributed by atoms with Crippen molar-refractivity contribution in [2.24, 2.45) is 0 Å². The van der Waals surface area contributed by atoms with Gasteiger partial charge in [-0.2, -0.15) is 0 Å². The monoisotopic (exact) mass is 361 g/mol. The summed E-state index contributed by atoms with van der Waals surface area (Å²) in [5, 5.41) is 0. The fourth-order valence-electron chi connectivity index (χ4n) is 2.70. The number of carbonyl (C=O) groups is 1. The van der Waals surface area contributed by atoms with Crippen LogP contribution in [-0.2, 0) is 4.79 Å². The van der Waals surface area contributed by atoms with Crippen LogP contribution in [0.25, 0.3) is 0 Å². The molecule has 0 radical (unpaired) electrons. The lowest BCUT2D eigenvalue weighted by Gasteiger charge is -2.32. The first-order chi connectivity index (χ1) is 12.2. The van der Waals surface area contributed by atoms with Gasteiger partial charge in [-0.25, -0.2) is 14.4 Å². The van der Waals surface area contributed by atoms with E-state index in [1.165, 1.54) is 4.90 Å². The van der Waals surface area contributed by atoms with Gasteiger partial charge in [-0.1, -0.05) is 18.2 Å². The first-order valence-electron chi connectivity index (χ1n) is 8.30. The molecular weight excluding hydrogens is 341 g/mol. The molecule has 2 aromatic rings. The number of piperidine rings is 1. The number of halogens is 1. The highest BCUT2D eigenvalue weighted by Crippen LogP contribution is 2.20. The van der Waals surface area contributed by atoms with Crippen LogP contribution in [0.1, 0.15) is 19.3 Å². The largest absolute Gasteiger partial charge is 0.458 e. The zero-order valence-corrected chi connectivity index (χ0v) is 14.6. The molecule has 1 fully saturated rings. The third-order valence-corrected chi connectivity index (χ3v) is 4.94. The van der Waals surface area contributed by atoms with E-state index in [0.29, 0.717) is 13.0 Å². The molecule has 1 aromatic carbocycles. The van der Waals surface area contributed by atoms with E-state index in [-0.39, 0.29) is 18.0 Å². The lowest BCUT2D eigenvalue weighted by Crippen LogP contribution is -2.44. The van der Waals surface area contributed by atoms with Crippen molar-refractivity contribution in [3.8, 4) is 6.01 Å². The summed E-state index contributed by atoms with van der Waals surface area (Å²) in [6, 6.07) is 10.2. The lowest BCUT2D eigenvalue weighted by molar-refractivity contribution is -0.133. The Balaban J connectivity index is 1.45. The van der Waals surface area contributed by atoms with Crippen molar-refractivity contribution < 1.29 is 13.9 Å². The highest BCUT2D eigenvalue weighted by molar-refractivity contribution is 7.99. The van der Waals surface area contributed by atoms with E-state index in [4.69, 9.17) is 4.74 Å². The van der Waals surface area contributed by atoms with Gasteiger partial charge in [0.05, 0.1) is 18.9 Å². The molecule has 1 aromatic heterocycles. The molecule has 1 aliphatic heterocycles. The minimum Gasteiger partial charge on any atom is -0.458 e. The van der Waals surface area contributed by atoms with Gasteiger partial charge in [0, 0.05) is 23.6 Å². The molecule has 2 heterocycles. The summed E-state index contributed by atoms with van der Waals surface area (Å²) in [5.74, 6) is 0.395. The normalized spacial score (nSPS) is 17.3. The van der Waals surface area contributed by atoms with Crippen molar-refractivity contribution >= 4 is 17.7 Å². The van der Waals surface area contributed by atoms with Crippen molar-refractivity contribution in [2.45, 2.75) is 30.3 Å². The predicted molar refractivity (Wildman–Crippen MR) is 94.0 cm³/mol. The number of amides is 1. The van der Waals surface area contributed by atoms with Crippen LogP contribution >= 0.6 is 11.8 Å². The molecule has 0 aliphatic carbocycles. The smallest absolute Gasteiger partial charge is 0.316 e. The Labute approximate surface area is 150 Å². The van der Waals surface area contributed by atoms with Gasteiger partial charge in [-0.05, 0) is 25.0 Å². The summed E-state index contributed by atoms with van der Waals surface area (Å²) >= 11 is 1.68. The van der Waals surface area contributed by atoms with E-state index in [0.717, 1.165) is 37.5 Å². The maximum Gasteiger partial charge on any atom is 0.316 e. The molecular formula is C18H20FN3O2S. The zero-order valence-electron chi connectivity index (χ0n) is 13.8. The fourth-order valence-corrected chi connectivity index (χ4v) is 3.56. The SMILES string of the molecule is O=C(CCSc1ccccc1)N1CCC[C@H](Oc2ncc(F)cn2)C1. The molecule has 1 saturated heterocycles. The van der Waals surface area contributed by atoms with E-state index in [1.54, 1.807) is 11.8 Å². The number of aromatic nitrogens is 2. The minimum absolute atomic E-state index is 0.136. The van der Waals surface area contributed by atoms with Crippen LogP contribution in [0.4, 0.5) is 4.39 Å². The molecule has 132 valence electrons. The van der Waals surface area contributed by atoms with Crippen LogP contribution in [0, 0.1) is 5.82 Å². The highest BCUT2D eigenvalue weighted by atomic mass is 32.2. The molecule has 0 saturated carbocycles. The van der Waals surface area contributed by atoms with Crippen LogP contribution in [0.15, 0.2) is 47.6 Å². The average molecular weight is 361 g/mol. The van der Waals surface area contributed by atoms with Crippen molar-refractivity contribution in [1.82, 2.24) is 14.9 Å². The summed E-state index contributed by atoms with van der Waals surface area (Å²) in [6.45, 7) is 1.27. The highest BCUT2D eigenvalue weighted by Gasteiger charge is 2.25. The first kappa shape index (κ1) is 17.7. The number of nitrogens with zero attached hydrogens (tertiary/aromatic N) is 3. The maximum atomic E-state index is 12.8. The first-order valence-corrected chi connectivity index (χ1v) is 9.29. The van der Waals surface area contributed by atoms with Crippen LogP contribution in [0.2, 0.25) is 0 Å². The van der Waals surface area contributed by atoms with Crippen molar-refractivity contribution in [3.63, 3.8) is 0 Å². The van der Waals surface area contributed by atoms with E-state index in [1.807, 2.05) is 35.2 Å². The van der Waals surface area contributed by atoms with Gasteiger partial charge in [0.1, 0.15) is 6.10 Å². The summed E-state index contributed by atoms with van der Waals surface area (Å²) in [6.07, 6.45) is 4.22. The Morgan fingerprint density at radius 2 is 2.04 bits per heavy atom. The number of benzene rings is 1. The topological polar surface area (TPSA) is 55.3 Å². The van der Waals surface area contributed by atoms with Crippen molar-refractivity contribution in [3.05, 3.63) is 48.5 Å². The number of carbonyl (C=O) groups excluding carboxylic acids is 1. The zero-order chi connectivity index (χ0) is 17.5. The standard InChI is InChI=1S/C18H20FN3O2S/c19-14-11-20-18(21-12-14)24-15-5-4-9-22(13-15)17(23)8-10-25-16-6-2-1-3-7-16/h1-3,6-7,11-12,15H,4-5,8-10,13H2/t15-/m0/s1. The second-order valence-corrected chi connectivity index (χ2v) is 6.99. The summed E-state index contributed by atoms with van der Waals surface area (Å²) in [4.78, 5) is 23.0. The molecule has 3 rings (SSSR count). The predicted octanol–water partition coefficient (Wildman–Crippen LogP) is 3.17. The fraction of sp³-hybridized carbons (Fsp3) is 0.389. The van der Waals surface area contributed by atoms with Gasteiger partial charge < -0.3 is 9.64 Å². The molecule has 1 aliphatic rings. The number of ether oxygens (including phenoxy) is 1. The molecule has 1 amide bonds. The summed E-state index contributed by atoms with van der Waals surface area (Å²) < 4.78 is 18.5. The summed E-state index contributed by atoms with van der Waals surface area (Å²) in [5.41, 5.74) is 0. The van der Waals surface area contributed by atoms with Crippen molar-refractivity contribution in [2.75, 3.05) is 18.8 Å². The molecule has 1 atom stereocenters. The summed E-state index contributed by atoms with van der Waals surface area (Å²) in [7, 11) is 0. The van der Waals surface area contributed by atoms with Gasteiger partial charge in [0.25, 0.3) is 0 Å². The van der Waals surface area contributed by atoms with Crippen LogP contribution in [0.3, 0.4) is 0 Å². The molecule has 5 nitrogen and oxygen atoms in total. The number of likely N-dealkylation sites (tertiary alicyclic amines) is 1. The van der Waals surface area contributed by atoms with Gasteiger partial charge in [-0.3, -0.25) is 4.79 Å². The molecule has 7 heteroatoms. The quantitative estimate of drug-likeness (QED) is 0.740. The van der Waals surface area contributed by atoms with Crippen LogP contribution < -0.4 is 4.74 Å². The number of hydrogen-bond donors (Lipinski definition) is 0. The third-order valence-electron chi connectivity index (χ3n) is 3.93. The Kier molecular flexibility index (Phi) is 6.22. The Morgan fingerprint density at radius 1 is 1.28 bits per heavy atom. The van der Waals surface area contributed by atoms with Gasteiger partial charge >= 0.3 is 6.01 Å². The molecule has 0 N–H and O–H groups in total. The van der Waals surface area contributed by atoms with E-state index < -0.39 is 5.82 Å². The molecule has 0 unspecified atom stereocenters. The van der Waals surface area contributed by atoms with E-state index in [2.05, 4.69) is 9.97 Å². The van der Waals surface area contributed by atoms with E-state index in [9.17, 15) is 9.18 Å². The van der Waals surface area contributed by atoms with Crippen molar-refractivity contribution in [1.29, 1.82) is 0 Å². The molecule has 0 spiro atoms. The second kappa shape index (κ2) is 8.80. The Morgan fingerprint density at radius 3 is 2.80 bits per heavy atom. The van der Waals surface area contributed by atoms with Crippen LogP contribution in [-0.4, -0.2) is 45.7 Å². The lowest BCUT2D eigenvalue weighted by atomic mass is 10.1. The van der Waals surface area contributed by atoms with Gasteiger partial charge in [0.2, 0.25) is 5.91 Å². The Hall–Kier alpha value is -2.15. The number of rotatable bonds is 6. The van der Waals surface area contributed by atoms with Crippen LogP contribution in [0.5, 0.6) is 6.01 Å². The van der Waals surface area contributed by atoms with E-state index >= 15 is 0 Å². The minimum atomic E-state index is -0.497. The average Bonchev–Trinajstić information content (AvgIpc) is 2.65. The Bertz CT molecular complexity index is 684. The number of thioether (sulfide) groups is 1. The second-order valence-electron chi connectivity index (χ2n) is 5.82. The maximum absolute atomic E-state index is 12.8. The molecule has 0 bridgehead atoms. The third kappa shape index (κ3) is 5.42. The van der Waals surface area contributed by atoms with Gasteiger partial charge in [-0.15, -0.1) is 11.8 Å². The number of hydrogen-bond acceptors (Lipinski definition) is 5. The molecule has 25 heavy (non-hydrogen) atoms. The van der Waals surface area contributed by atoms with Gasteiger partial charge in [0.15, 0.2) is 5.82 Å².